The van der Waals surface area contributed by atoms with Gasteiger partial charge in [0.15, 0.2) is 0 Å². The van der Waals surface area contributed by atoms with Crippen LogP contribution in [0.4, 0.5) is 13.2 Å². The fourth-order valence-corrected chi connectivity index (χ4v) is 3.44. The zero-order valence-corrected chi connectivity index (χ0v) is 13.7. The van der Waals surface area contributed by atoms with Gasteiger partial charge in [-0.3, -0.25) is 4.79 Å². The van der Waals surface area contributed by atoms with E-state index in [9.17, 15) is 28.2 Å². The lowest BCUT2D eigenvalue weighted by Crippen LogP contribution is -2.20. The molecule has 0 radical (unpaired) electrons. The quantitative estimate of drug-likeness (QED) is 0.613. The van der Waals surface area contributed by atoms with Gasteiger partial charge in [-0.2, -0.15) is 13.2 Å². The average molecular weight is 372 g/mol. The number of halogens is 3. The van der Waals surface area contributed by atoms with Crippen LogP contribution in [-0.2, 0) is 15.7 Å². The molecule has 1 aliphatic carbocycles. The van der Waals surface area contributed by atoms with E-state index >= 15 is 0 Å². The van der Waals surface area contributed by atoms with Crippen molar-refractivity contribution in [3.05, 3.63) is 42.0 Å². The van der Waals surface area contributed by atoms with E-state index in [-0.39, 0.29) is 42.7 Å². The number of hydrogen-bond donors (Lipinski definition) is 2. The van der Waals surface area contributed by atoms with Gasteiger partial charge in [-0.1, -0.05) is 18.2 Å². The minimum absolute atomic E-state index is 0.00281. The molecule has 8 heteroatoms. The first-order chi connectivity index (χ1) is 12.2. The Balaban J connectivity index is 1.55. The van der Waals surface area contributed by atoms with Crippen molar-refractivity contribution in [2.45, 2.75) is 37.3 Å². The normalized spacial score (nSPS) is 29.7. The summed E-state index contributed by atoms with van der Waals surface area (Å²) in [6.07, 6.45) is -2.85. The third-order valence-corrected chi connectivity index (χ3v) is 4.71. The van der Waals surface area contributed by atoms with Crippen LogP contribution in [0.3, 0.4) is 0 Å². The zero-order chi connectivity index (χ0) is 18.9. The molecule has 2 aliphatic rings. The minimum Gasteiger partial charge on any atom is -0.491 e. The third-order valence-electron chi connectivity index (χ3n) is 4.71. The van der Waals surface area contributed by atoms with Gasteiger partial charge >= 0.3 is 12.1 Å². The Morgan fingerprint density at radius 2 is 2.15 bits per heavy atom. The molecule has 5 atom stereocenters. The Morgan fingerprint density at radius 1 is 1.38 bits per heavy atom. The van der Waals surface area contributed by atoms with Crippen molar-refractivity contribution >= 4 is 5.97 Å². The molecule has 26 heavy (non-hydrogen) atoms. The van der Waals surface area contributed by atoms with Crippen molar-refractivity contribution in [3.8, 4) is 5.75 Å². The molecule has 1 unspecified atom stereocenters. The van der Waals surface area contributed by atoms with E-state index in [4.69, 9.17) is 9.47 Å². The average Bonchev–Trinajstić information content (AvgIpc) is 3.05. The lowest BCUT2D eigenvalue weighted by atomic mass is 9.91. The van der Waals surface area contributed by atoms with Gasteiger partial charge in [-0.15, -0.1) is 0 Å². The van der Waals surface area contributed by atoms with Crippen LogP contribution in [-0.4, -0.2) is 41.1 Å². The molecule has 1 aromatic carbocycles. The number of carbonyl (C=O) groups is 1. The first-order valence-electron chi connectivity index (χ1n) is 8.28. The number of benzene rings is 1. The minimum atomic E-state index is -4.46. The smallest absolute Gasteiger partial charge is 0.416 e. The second-order valence-electron chi connectivity index (χ2n) is 6.57. The molecular weight excluding hydrogens is 353 g/mol. The lowest BCUT2D eigenvalue weighted by molar-refractivity contribution is -0.142. The second-order valence-corrected chi connectivity index (χ2v) is 6.57. The molecule has 0 spiro atoms. The number of aliphatic hydroxyl groups is 2. The van der Waals surface area contributed by atoms with Gasteiger partial charge in [0.25, 0.3) is 0 Å². The highest BCUT2D eigenvalue weighted by molar-refractivity contribution is 5.72. The maximum atomic E-state index is 12.7. The highest BCUT2D eigenvalue weighted by Crippen LogP contribution is 2.42. The summed E-state index contributed by atoms with van der Waals surface area (Å²) in [5, 5.41) is 20.0. The van der Waals surface area contributed by atoms with Crippen LogP contribution in [0.1, 0.15) is 18.4 Å². The van der Waals surface area contributed by atoms with Crippen molar-refractivity contribution in [2.75, 3.05) is 6.61 Å². The molecule has 1 aliphatic heterocycles. The predicted molar refractivity (Wildman–Crippen MR) is 84.2 cm³/mol. The van der Waals surface area contributed by atoms with Crippen LogP contribution in [0.15, 0.2) is 36.4 Å². The molecule has 0 amide bonds. The summed E-state index contributed by atoms with van der Waals surface area (Å²) in [7, 11) is 0. The fraction of sp³-hybridized carbons (Fsp3) is 0.500. The molecule has 1 aromatic rings. The number of carbonyl (C=O) groups excluding carboxylic acids is 1. The van der Waals surface area contributed by atoms with Crippen LogP contribution in [0.25, 0.3) is 0 Å². The second kappa shape index (κ2) is 7.28. The fourth-order valence-electron chi connectivity index (χ4n) is 3.44. The molecule has 2 N–H and O–H groups in total. The van der Waals surface area contributed by atoms with Crippen molar-refractivity contribution in [3.63, 3.8) is 0 Å². The summed E-state index contributed by atoms with van der Waals surface area (Å²) >= 11 is 0. The Labute approximate surface area is 148 Å². The van der Waals surface area contributed by atoms with E-state index < -0.39 is 23.9 Å². The predicted octanol–water partition coefficient (Wildman–Crippen LogP) is 2.31. The van der Waals surface area contributed by atoms with Crippen molar-refractivity contribution in [2.24, 2.45) is 11.8 Å². The maximum Gasteiger partial charge on any atom is 0.416 e. The number of aliphatic hydroxyl groups excluding tert-OH is 2. The third kappa shape index (κ3) is 4.19. The summed E-state index contributed by atoms with van der Waals surface area (Å²) < 4.78 is 48.3. The summed E-state index contributed by atoms with van der Waals surface area (Å²) in [6, 6.07) is 4.40. The number of alkyl halides is 3. The van der Waals surface area contributed by atoms with E-state index in [0.29, 0.717) is 6.42 Å². The van der Waals surface area contributed by atoms with Crippen LogP contribution in [0.2, 0.25) is 0 Å². The Morgan fingerprint density at radius 3 is 2.88 bits per heavy atom. The van der Waals surface area contributed by atoms with E-state index in [1.54, 1.807) is 6.08 Å². The highest BCUT2D eigenvalue weighted by atomic mass is 19.4. The Hall–Kier alpha value is -2.06. The summed E-state index contributed by atoms with van der Waals surface area (Å²) in [6.45, 7) is -0.232. The number of rotatable bonds is 5. The van der Waals surface area contributed by atoms with E-state index in [2.05, 4.69) is 0 Å². The van der Waals surface area contributed by atoms with Gasteiger partial charge in [0.2, 0.25) is 0 Å². The topological polar surface area (TPSA) is 76.0 Å². The number of hydrogen-bond acceptors (Lipinski definition) is 5. The number of fused-ring (bicyclic) bond motifs is 1. The Kier molecular flexibility index (Phi) is 5.24. The van der Waals surface area contributed by atoms with Gasteiger partial charge in [0.05, 0.1) is 18.1 Å². The molecule has 0 bridgehead atoms. The molecular formula is C18H19F3O5. The van der Waals surface area contributed by atoms with Crippen LogP contribution >= 0.6 is 0 Å². The van der Waals surface area contributed by atoms with Gasteiger partial charge in [-0.25, -0.2) is 0 Å². The summed E-state index contributed by atoms with van der Waals surface area (Å²) in [4.78, 5) is 11.3. The standard InChI is InChI=1S/C18H19F3O5/c19-18(20,21)10-2-1-3-12(6-10)25-9-11(22)4-5-13-14-7-17(24)26-16(14)8-15(13)23/h1-6,11,13-16,22-23H,7-9H2/b5-4+/t11-,13-,14?,15-,16+/m1/s1. The van der Waals surface area contributed by atoms with Gasteiger partial charge in [0.1, 0.15) is 24.6 Å². The lowest BCUT2D eigenvalue weighted by Gasteiger charge is -2.16. The van der Waals surface area contributed by atoms with Crippen LogP contribution in [0.5, 0.6) is 5.75 Å². The van der Waals surface area contributed by atoms with Crippen LogP contribution in [0, 0.1) is 11.8 Å². The van der Waals surface area contributed by atoms with Crippen molar-refractivity contribution < 1.29 is 37.7 Å². The first kappa shape index (κ1) is 18.7. The van der Waals surface area contributed by atoms with Crippen molar-refractivity contribution in [1.29, 1.82) is 0 Å². The first-order valence-corrected chi connectivity index (χ1v) is 8.28. The molecule has 3 rings (SSSR count). The van der Waals surface area contributed by atoms with Gasteiger partial charge < -0.3 is 19.7 Å². The molecule has 142 valence electrons. The van der Waals surface area contributed by atoms with E-state index in [0.717, 1.165) is 12.1 Å². The van der Waals surface area contributed by atoms with Crippen LogP contribution < -0.4 is 4.74 Å². The molecule has 1 saturated heterocycles. The summed E-state index contributed by atoms with van der Waals surface area (Å²) in [5.41, 5.74) is -0.828. The molecule has 5 nitrogen and oxygen atoms in total. The van der Waals surface area contributed by atoms with Gasteiger partial charge in [0, 0.05) is 18.3 Å². The molecule has 1 heterocycles. The van der Waals surface area contributed by atoms with E-state index in [1.165, 1.54) is 18.2 Å². The van der Waals surface area contributed by atoms with Gasteiger partial charge in [-0.05, 0) is 18.2 Å². The highest BCUT2D eigenvalue weighted by Gasteiger charge is 2.48. The molecule has 2 fully saturated rings. The van der Waals surface area contributed by atoms with E-state index in [1.807, 2.05) is 0 Å². The molecule has 1 saturated carbocycles. The molecule has 0 aromatic heterocycles. The summed E-state index contributed by atoms with van der Waals surface area (Å²) in [5.74, 6) is -0.721. The largest absolute Gasteiger partial charge is 0.491 e. The monoisotopic (exact) mass is 372 g/mol. The SMILES string of the molecule is O=C1CC2[C@H](C[C@@H](O)[C@@H]2/C=C/[C@@H](O)COc2cccc(C(F)(F)F)c2)O1. The Bertz CT molecular complexity index is 688. The zero-order valence-electron chi connectivity index (χ0n) is 13.7. The maximum absolute atomic E-state index is 12.7. The number of esters is 1. The van der Waals surface area contributed by atoms with Crippen molar-refractivity contribution in [1.82, 2.24) is 0 Å². The number of ether oxygens (including phenoxy) is 2.